The molecule has 0 spiro atoms. The minimum atomic E-state index is -0.920. The van der Waals surface area contributed by atoms with E-state index in [4.69, 9.17) is 0 Å². The first-order valence-electron chi connectivity index (χ1n) is 7.49. The molecular weight excluding hydrogens is 356 g/mol. The molecule has 1 fully saturated rings. The van der Waals surface area contributed by atoms with E-state index in [0.717, 1.165) is 10.0 Å². The van der Waals surface area contributed by atoms with E-state index >= 15 is 0 Å². The topological polar surface area (TPSA) is 58.2 Å². The predicted molar refractivity (Wildman–Crippen MR) is 92.7 cm³/mol. The van der Waals surface area contributed by atoms with Crippen LogP contribution in [0.1, 0.15) is 18.4 Å². The van der Waals surface area contributed by atoms with E-state index in [1.54, 1.807) is 6.07 Å². The normalized spacial score (nSPS) is 14.8. The minimum absolute atomic E-state index is 0.200. The molecule has 0 saturated heterocycles. The lowest BCUT2D eigenvalue weighted by Crippen LogP contribution is -2.39. The third-order valence-electron chi connectivity index (χ3n) is 4.00. The minimum Gasteiger partial charge on any atom is -0.351 e. The molecule has 118 valence electrons. The van der Waals surface area contributed by atoms with Crippen LogP contribution in [0.2, 0.25) is 0 Å². The molecule has 1 aliphatic carbocycles. The number of carbonyl (C=O) groups excluding carboxylic acids is 2. The number of hydrogen-bond acceptors (Lipinski definition) is 2. The predicted octanol–water partition coefficient (Wildman–Crippen LogP) is 3.48. The molecule has 0 aliphatic heterocycles. The molecule has 0 aromatic heterocycles. The fourth-order valence-corrected chi connectivity index (χ4v) is 2.85. The van der Waals surface area contributed by atoms with E-state index in [-0.39, 0.29) is 11.8 Å². The molecule has 4 nitrogen and oxygen atoms in total. The number of hydrogen-bond donors (Lipinski definition) is 2. The van der Waals surface area contributed by atoms with Crippen LogP contribution < -0.4 is 10.6 Å². The SMILES string of the molecule is O=C(NCc1ccccc1)C1(C(=O)Nc2cccc(Br)c2)CC1. The van der Waals surface area contributed by atoms with Gasteiger partial charge in [0.1, 0.15) is 5.41 Å². The largest absolute Gasteiger partial charge is 0.351 e. The molecule has 1 aliphatic rings. The molecule has 3 rings (SSSR count). The van der Waals surface area contributed by atoms with Crippen LogP contribution >= 0.6 is 15.9 Å². The number of benzene rings is 2. The van der Waals surface area contributed by atoms with Crippen LogP contribution in [0.3, 0.4) is 0 Å². The maximum atomic E-state index is 12.5. The second-order valence-corrected chi connectivity index (χ2v) is 6.63. The van der Waals surface area contributed by atoms with Gasteiger partial charge in [0.25, 0.3) is 0 Å². The fraction of sp³-hybridized carbons (Fsp3) is 0.222. The number of halogens is 1. The monoisotopic (exact) mass is 372 g/mol. The van der Waals surface area contributed by atoms with Crippen molar-refractivity contribution in [3.63, 3.8) is 0 Å². The maximum Gasteiger partial charge on any atom is 0.240 e. The average Bonchev–Trinajstić information content (AvgIpc) is 3.35. The second kappa shape index (κ2) is 6.54. The Balaban J connectivity index is 1.62. The summed E-state index contributed by atoms with van der Waals surface area (Å²) >= 11 is 3.37. The molecule has 2 aromatic rings. The van der Waals surface area contributed by atoms with Crippen molar-refractivity contribution in [1.29, 1.82) is 0 Å². The van der Waals surface area contributed by atoms with Gasteiger partial charge in [-0.15, -0.1) is 0 Å². The molecule has 0 unspecified atom stereocenters. The van der Waals surface area contributed by atoms with Gasteiger partial charge in [-0.05, 0) is 36.6 Å². The zero-order valence-electron chi connectivity index (χ0n) is 12.5. The van der Waals surface area contributed by atoms with E-state index in [1.807, 2.05) is 48.5 Å². The van der Waals surface area contributed by atoms with Gasteiger partial charge in [0.15, 0.2) is 0 Å². The third-order valence-corrected chi connectivity index (χ3v) is 4.49. The first-order valence-corrected chi connectivity index (χ1v) is 8.29. The van der Waals surface area contributed by atoms with Crippen molar-refractivity contribution < 1.29 is 9.59 Å². The van der Waals surface area contributed by atoms with Crippen LogP contribution in [0.5, 0.6) is 0 Å². The van der Waals surface area contributed by atoms with Gasteiger partial charge >= 0.3 is 0 Å². The summed E-state index contributed by atoms with van der Waals surface area (Å²) in [6, 6.07) is 17.0. The van der Waals surface area contributed by atoms with Crippen molar-refractivity contribution in [2.45, 2.75) is 19.4 Å². The summed E-state index contributed by atoms with van der Waals surface area (Å²) in [4.78, 5) is 24.9. The van der Waals surface area contributed by atoms with E-state index < -0.39 is 5.41 Å². The Morgan fingerprint density at radius 3 is 2.39 bits per heavy atom. The number of anilines is 1. The van der Waals surface area contributed by atoms with E-state index in [2.05, 4.69) is 26.6 Å². The van der Waals surface area contributed by atoms with Gasteiger partial charge in [0.05, 0.1) is 0 Å². The average molecular weight is 373 g/mol. The summed E-state index contributed by atoms with van der Waals surface area (Å²) in [7, 11) is 0. The first kappa shape index (κ1) is 15.7. The van der Waals surface area contributed by atoms with Crippen molar-refractivity contribution in [2.75, 3.05) is 5.32 Å². The summed E-state index contributed by atoms with van der Waals surface area (Å²) < 4.78 is 0.883. The van der Waals surface area contributed by atoms with Gasteiger partial charge in [-0.1, -0.05) is 52.3 Å². The van der Waals surface area contributed by atoms with Crippen LogP contribution in [-0.2, 0) is 16.1 Å². The van der Waals surface area contributed by atoms with Crippen molar-refractivity contribution in [1.82, 2.24) is 5.32 Å². The Hall–Kier alpha value is -2.14. The molecule has 2 N–H and O–H groups in total. The van der Waals surface area contributed by atoms with E-state index in [9.17, 15) is 9.59 Å². The summed E-state index contributed by atoms with van der Waals surface area (Å²) in [6.07, 6.45) is 1.18. The van der Waals surface area contributed by atoms with Gasteiger partial charge < -0.3 is 10.6 Å². The van der Waals surface area contributed by atoms with Gasteiger partial charge in [0, 0.05) is 16.7 Å². The molecule has 5 heteroatoms. The van der Waals surface area contributed by atoms with Crippen molar-refractivity contribution in [2.24, 2.45) is 5.41 Å². The van der Waals surface area contributed by atoms with Crippen LogP contribution in [-0.4, -0.2) is 11.8 Å². The Bertz CT molecular complexity index is 727. The summed E-state index contributed by atoms with van der Waals surface area (Å²) in [5.74, 6) is -0.435. The van der Waals surface area contributed by atoms with Gasteiger partial charge in [-0.3, -0.25) is 9.59 Å². The zero-order valence-corrected chi connectivity index (χ0v) is 14.1. The number of nitrogens with one attached hydrogen (secondary N) is 2. The molecule has 1 saturated carbocycles. The lowest BCUT2D eigenvalue weighted by Gasteiger charge is -2.15. The number of amides is 2. The summed E-state index contributed by atoms with van der Waals surface area (Å²) in [5, 5.41) is 5.71. The smallest absolute Gasteiger partial charge is 0.240 e. The summed E-state index contributed by atoms with van der Waals surface area (Å²) in [5.41, 5.74) is 0.785. The highest BCUT2D eigenvalue weighted by Gasteiger charge is 2.56. The Kier molecular flexibility index (Phi) is 4.48. The Labute approximate surface area is 143 Å². The van der Waals surface area contributed by atoms with Crippen molar-refractivity contribution in [3.8, 4) is 0 Å². The molecule has 0 bridgehead atoms. The van der Waals surface area contributed by atoms with Gasteiger partial charge in [0.2, 0.25) is 11.8 Å². The van der Waals surface area contributed by atoms with E-state index in [0.29, 0.717) is 25.1 Å². The van der Waals surface area contributed by atoms with Crippen LogP contribution in [0.4, 0.5) is 5.69 Å². The number of rotatable bonds is 5. The molecular formula is C18H17BrN2O2. The lowest BCUT2D eigenvalue weighted by atomic mass is 10.0. The third kappa shape index (κ3) is 3.62. The van der Waals surface area contributed by atoms with Crippen molar-refractivity contribution in [3.05, 3.63) is 64.6 Å². The molecule has 0 atom stereocenters. The van der Waals surface area contributed by atoms with Crippen LogP contribution in [0, 0.1) is 5.41 Å². The van der Waals surface area contributed by atoms with Crippen LogP contribution in [0.15, 0.2) is 59.1 Å². The van der Waals surface area contributed by atoms with Crippen LogP contribution in [0.25, 0.3) is 0 Å². The number of carbonyl (C=O) groups is 2. The van der Waals surface area contributed by atoms with Gasteiger partial charge in [-0.2, -0.15) is 0 Å². The molecule has 2 aromatic carbocycles. The quantitative estimate of drug-likeness (QED) is 0.789. The molecule has 0 heterocycles. The highest BCUT2D eigenvalue weighted by Crippen LogP contribution is 2.47. The standard InChI is InChI=1S/C18H17BrN2O2/c19-14-7-4-8-15(11-14)21-17(23)18(9-10-18)16(22)20-12-13-5-2-1-3-6-13/h1-8,11H,9-10,12H2,(H,20,22)(H,21,23). The highest BCUT2D eigenvalue weighted by atomic mass is 79.9. The first-order chi connectivity index (χ1) is 11.1. The second-order valence-electron chi connectivity index (χ2n) is 5.71. The Morgan fingerprint density at radius 2 is 1.74 bits per heavy atom. The fourth-order valence-electron chi connectivity index (χ4n) is 2.45. The van der Waals surface area contributed by atoms with Crippen molar-refractivity contribution >= 4 is 33.4 Å². The Morgan fingerprint density at radius 1 is 1.00 bits per heavy atom. The highest BCUT2D eigenvalue weighted by molar-refractivity contribution is 9.10. The lowest BCUT2D eigenvalue weighted by molar-refractivity contribution is -0.134. The molecule has 2 amide bonds. The summed E-state index contributed by atoms with van der Waals surface area (Å²) in [6.45, 7) is 0.436. The van der Waals surface area contributed by atoms with Gasteiger partial charge in [-0.25, -0.2) is 0 Å². The molecule has 0 radical (unpaired) electrons. The molecule has 23 heavy (non-hydrogen) atoms. The zero-order chi connectivity index (χ0) is 16.3. The van der Waals surface area contributed by atoms with E-state index in [1.165, 1.54) is 0 Å². The maximum absolute atomic E-state index is 12.5.